The van der Waals surface area contributed by atoms with E-state index in [0.717, 1.165) is 92.1 Å². The van der Waals surface area contributed by atoms with E-state index in [-0.39, 0.29) is 5.91 Å². The molecule has 5 rings (SSSR count). The summed E-state index contributed by atoms with van der Waals surface area (Å²) in [4.78, 5) is 27.7. The first-order chi connectivity index (χ1) is 22.4. The van der Waals surface area contributed by atoms with Gasteiger partial charge < -0.3 is 24.8 Å². The summed E-state index contributed by atoms with van der Waals surface area (Å²) in [6.45, 7) is 14.2. The fourth-order valence-corrected chi connectivity index (χ4v) is 5.74. The fraction of sp³-hybridized carbons (Fsp3) is 0.417. The number of nitrogens with one attached hydrogen (secondary N) is 2. The number of aromatic nitrogens is 2. The third-order valence-corrected chi connectivity index (χ3v) is 8.57. The number of aryl methyl sites for hydroxylation is 1. The van der Waals surface area contributed by atoms with Crippen LogP contribution in [0.3, 0.4) is 0 Å². The van der Waals surface area contributed by atoms with E-state index in [1.807, 2.05) is 42.6 Å². The number of hydrogen-bond acceptors (Lipinski definition) is 9. The van der Waals surface area contributed by atoms with Crippen LogP contribution in [0.1, 0.15) is 41.8 Å². The zero-order chi connectivity index (χ0) is 32.5. The second-order valence-corrected chi connectivity index (χ2v) is 11.5. The van der Waals surface area contributed by atoms with E-state index in [4.69, 9.17) is 19.2 Å². The molecule has 0 spiro atoms. The Morgan fingerprint density at radius 1 is 1.00 bits per heavy atom. The topological polar surface area (TPSA) is 101 Å². The molecule has 1 aromatic heterocycles. The van der Waals surface area contributed by atoms with E-state index >= 15 is 0 Å². The van der Waals surface area contributed by atoms with Crippen molar-refractivity contribution in [2.75, 3.05) is 77.3 Å². The van der Waals surface area contributed by atoms with Crippen molar-refractivity contribution in [3.63, 3.8) is 0 Å². The number of nitrogens with zero attached hydrogens (tertiary/aromatic N) is 4. The van der Waals surface area contributed by atoms with Crippen LogP contribution in [0.4, 0.5) is 11.6 Å². The number of fused-ring (bicyclic) bond motifs is 1. The lowest BCUT2D eigenvalue weighted by Crippen LogP contribution is -2.37. The SMILES string of the molecule is CCN(CC)Cc1cc(OC)c(OC)cc1NC(=O)c1ccc(C)c(-c2ccc3nc(NCCCN4CCOCC4)ncc3c2)c1. The van der Waals surface area contributed by atoms with Crippen LogP contribution < -0.4 is 20.1 Å². The van der Waals surface area contributed by atoms with Crippen molar-refractivity contribution < 1.29 is 19.0 Å². The van der Waals surface area contributed by atoms with Gasteiger partial charge in [-0.25, -0.2) is 9.97 Å². The highest BCUT2D eigenvalue weighted by molar-refractivity contribution is 6.05. The highest BCUT2D eigenvalue weighted by Gasteiger charge is 2.17. The summed E-state index contributed by atoms with van der Waals surface area (Å²) in [6, 6.07) is 15.7. The summed E-state index contributed by atoms with van der Waals surface area (Å²) in [5.74, 6) is 1.64. The van der Waals surface area contributed by atoms with E-state index in [1.165, 1.54) is 0 Å². The summed E-state index contributed by atoms with van der Waals surface area (Å²) in [7, 11) is 3.22. The van der Waals surface area contributed by atoms with Crippen LogP contribution in [0.2, 0.25) is 0 Å². The molecule has 0 atom stereocenters. The first-order valence-corrected chi connectivity index (χ1v) is 16.1. The lowest BCUT2D eigenvalue weighted by molar-refractivity contribution is 0.0378. The Labute approximate surface area is 272 Å². The number of morpholine rings is 1. The number of carbonyl (C=O) groups excluding carboxylic acids is 1. The van der Waals surface area contributed by atoms with Crippen molar-refractivity contribution >= 4 is 28.4 Å². The quantitative estimate of drug-likeness (QED) is 0.167. The number of benzene rings is 3. The van der Waals surface area contributed by atoms with E-state index in [1.54, 1.807) is 14.2 Å². The first-order valence-electron chi connectivity index (χ1n) is 16.1. The Kier molecular flexibility index (Phi) is 11.4. The Bertz CT molecular complexity index is 1630. The number of rotatable bonds is 14. The molecule has 10 nitrogen and oxygen atoms in total. The molecule has 10 heteroatoms. The van der Waals surface area contributed by atoms with E-state index in [2.05, 4.69) is 58.3 Å². The van der Waals surface area contributed by atoms with Gasteiger partial charge in [-0.1, -0.05) is 26.0 Å². The van der Waals surface area contributed by atoms with Crippen molar-refractivity contribution in [1.29, 1.82) is 0 Å². The van der Waals surface area contributed by atoms with Gasteiger partial charge >= 0.3 is 0 Å². The average Bonchev–Trinajstić information content (AvgIpc) is 3.09. The number of carbonyl (C=O) groups is 1. The minimum atomic E-state index is -0.192. The molecule has 1 aliphatic rings. The van der Waals surface area contributed by atoms with Crippen LogP contribution in [0.5, 0.6) is 11.5 Å². The molecule has 0 aliphatic carbocycles. The van der Waals surface area contributed by atoms with Crippen LogP contribution >= 0.6 is 0 Å². The van der Waals surface area contributed by atoms with Crippen LogP contribution in [0, 0.1) is 6.92 Å². The Hall–Kier alpha value is -4.25. The normalized spacial score (nSPS) is 13.6. The van der Waals surface area contributed by atoms with Gasteiger partial charge in [-0.15, -0.1) is 0 Å². The monoisotopic (exact) mass is 626 g/mol. The minimum Gasteiger partial charge on any atom is -0.493 e. The number of methoxy groups -OCH3 is 2. The predicted molar refractivity (Wildman–Crippen MR) is 184 cm³/mol. The van der Waals surface area contributed by atoms with E-state index < -0.39 is 0 Å². The standard InChI is InChI=1S/C36H46N6O4/c1-6-41(7-2)24-29-21-33(44-4)34(45-5)22-32(29)39-35(43)27-10-9-25(3)30(20-27)26-11-12-31-28(19-26)23-38-36(40-31)37-13-8-14-42-15-17-46-18-16-42/h9-12,19-23H,6-8,13-18,24H2,1-5H3,(H,39,43)(H,37,38,40). The molecule has 0 bridgehead atoms. The third kappa shape index (κ3) is 8.12. The van der Waals surface area contributed by atoms with Gasteiger partial charge in [-0.3, -0.25) is 14.6 Å². The molecule has 2 N–H and O–H groups in total. The molecule has 244 valence electrons. The number of ether oxygens (including phenoxy) is 3. The largest absolute Gasteiger partial charge is 0.493 e. The molecule has 3 aromatic carbocycles. The lowest BCUT2D eigenvalue weighted by Gasteiger charge is -2.26. The number of amides is 1. The zero-order valence-corrected chi connectivity index (χ0v) is 27.7. The fourth-order valence-electron chi connectivity index (χ4n) is 5.74. The second kappa shape index (κ2) is 15.8. The van der Waals surface area contributed by atoms with Crippen LogP contribution in [-0.2, 0) is 11.3 Å². The average molecular weight is 627 g/mol. The van der Waals surface area contributed by atoms with Crippen LogP contribution in [0.15, 0.2) is 54.7 Å². The highest BCUT2D eigenvalue weighted by atomic mass is 16.5. The summed E-state index contributed by atoms with van der Waals surface area (Å²) in [5.41, 5.74) is 6.15. The van der Waals surface area contributed by atoms with Crippen LogP contribution in [0.25, 0.3) is 22.0 Å². The van der Waals surface area contributed by atoms with Crippen LogP contribution in [-0.4, -0.2) is 92.4 Å². The molecular weight excluding hydrogens is 580 g/mol. The second-order valence-electron chi connectivity index (χ2n) is 11.5. The van der Waals surface area contributed by atoms with Crippen molar-refractivity contribution in [2.24, 2.45) is 0 Å². The van der Waals surface area contributed by atoms with Crippen molar-refractivity contribution in [3.05, 3.63) is 71.4 Å². The summed E-state index contributed by atoms with van der Waals surface area (Å²) < 4.78 is 16.5. The number of hydrogen-bond donors (Lipinski definition) is 2. The Morgan fingerprint density at radius 2 is 1.76 bits per heavy atom. The van der Waals surface area contributed by atoms with Crippen molar-refractivity contribution in [1.82, 2.24) is 19.8 Å². The maximum Gasteiger partial charge on any atom is 0.255 e. The molecule has 46 heavy (non-hydrogen) atoms. The predicted octanol–water partition coefficient (Wildman–Crippen LogP) is 5.85. The van der Waals surface area contributed by atoms with Crippen molar-refractivity contribution in [3.8, 4) is 22.6 Å². The molecule has 1 aliphatic heterocycles. The molecule has 1 amide bonds. The highest BCUT2D eigenvalue weighted by Crippen LogP contribution is 2.35. The Morgan fingerprint density at radius 3 is 2.50 bits per heavy atom. The molecule has 0 radical (unpaired) electrons. The lowest BCUT2D eigenvalue weighted by atomic mass is 9.96. The molecule has 0 saturated carbocycles. The smallest absolute Gasteiger partial charge is 0.255 e. The third-order valence-electron chi connectivity index (χ3n) is 8.57. The Balaban J connectivity index is 1.31. The van der Waals surface area contributed by atoms with Crippen molar-refractivity contribution in [2.45, 2.75) is 33.7 Å². The molecule has 0 unspecified atom stereocenters. The van der Waals surface area contributed by atoms with Gasteiger partial charge in [-0.2, -0.15) is 0 Å². The summed E-state index contributed by atoms with van der Waals surface area (Å²) in [5, 5.41) is 7.45. The van der Waals surface area contributed by atoms with E-state index in [0.29, 0.717) is 35.2 Å². The molecule has 4 aromatic rings. The molecule has 2 heterocycles. The number of anilines is 2. The molecule has 1 saturated heterocycles. The molecule has 1 fully saturated rings. The van der Waals surface area contributed by atoms with Gasteiger partial charge in [0.15, 0.2) is 11.5 Å². The first kappa shape index (κ1) is 33.1. The maximum absolute atomic E-state index is 13.7. The maximum atomic E-state index is 13.7. The van der Waals surface area contributed by atoms with Gasteiger partial charge in [0.1, 0.15) is 0 Å². The van der Waals surface area contributed by atoms with Gasteiger partial charge in [0.05, 0.1) is 33.0 Å². The summed E-state index contributed by atoms with van der Waals surface area (Å²) >= 11 is 0. The van der Waals surface area contributed by atoms with Gasteiger partial charge in [0.2, 0.25) is 5.95 Å². The van der Waals surface area contributed by atoms with E-state index in [9.17, 15) is 4.79 Å². The van der Waals surface area contributed by atoms with Gasteiger partial charge in [0.25, 0.3) is 5.91 Å². The van der Waals surface area contributed by atoms with Gasteiger partial charge in [0, 0.05) is 55.1 Å². The zero-order valence-electron chi connectivity index (χ0n) is 27.7. The summed E-state index contributed by atoms with van der Waals surface area (Å²) in [6.07, 6.45) is 2.88. The molecular formula is C36H46N6O4. The minimum absolute atomic E-state index is 0.192. The van der Waals surface area contributed by atoms with Gasteiger partial charge in [-0.05, 0) is 85.6 Å².